The molecule has 0 aliphatic heterocycles. The van der Waals surface area contributed by atoms with Crippen molar-refractivity contribution in [3.8, 4) is 11.5 Å². The summed E-state index contributed by atoms with van der Waals surface area (Å²) in [6, 6.07) is 15.0. The summed E-state index contributed by atoms with van der Waals surface area (Å²) in [5.41, 5.74) is 1.73. The predicted molar refractivity (Wildman–Crippen MR) is 128 cm³/mol. The lowest BCUT2D eigenvalue weighted by atomic mass is 10.1. The number of hydrogen-bond acceptors (Lipinski definition) is 3. The van der Waals surface area contributed by atoms with Crippen LogP contribution in [0, 0.1) is 0 Å². The molecule has 1 atom stereocenters. The number of hydrogen-bond donors (Lipinski definition) is 2. The lowest BCUT2D eigenvalue weighted by Crippen LogP contribution is -2.31. The van der Waals surface area contributed by atoms with Gasteiger partial charge < -0.3 is 20.1 Å². The van der Waals surface area contributed by atoms with E-state index in [0.717, 1.165) is 12.0 Å². The van der Waals surface area contributed by atoms with Crippen LogP contribution in [0.1, 0.15) is 76.8 Å². The van der Waals surface area contributed by atoms with Gasteiger partial charge in [0.2, 0.25) is 0 Å². The summed E-state index contributed by atoms with van der Waals surface area (Å²) >= 11 is 0. The highest BCUT2D eigenvalue weighted by molar-refractivity contribution is 5.89. The van der Waals surface area contributed by atoms with Crippen molar-refractivity contribution in [3.05, 3.63) is 54.1 Å². The minimum absolute atomic E-state index is 0.0860. The first-order valence-corrected chi connectivity index (χ1v) is 11.6. The highest BCUT2D eigenvalue weighted by Gasteiger charge is 2.11. The van der Waals surface area contributed by atoms with E-state index >= 15 is 0 Å². The summed E-state index contributed by atoms with van der Waals surface area (Å²) in [6.07, 6.45) is 10.1. The number of anilines is 1. The maximum atomic E-state index is 12.4. The van der Waals surface area contributed by atoms with Crippen molar-refractivity contribution in [2.75, 3.05) is 19.0 Å². The molecule has 5 nitrogen and oxygen atoms in total. The number of nitrogens with one attached hydrogen (secondary N) is 2. The van der Waals surface area contributed by atoms with E-state index in [2.05, 4.69) is 17.6 Å². The van der Waals surface area contributed by atoms with Gasteiger partial charge in [0.05, 0.1) is 19.8 Å². The van der Waals surface area contributed by atoms with Crippen LogP contribution in [-0.2, 0) is 0 Å². The molecule has 0 spiro atoms. The molecule has 5 heteroatoms. The fourth-order valence-electron chi connectivity index (χ4n) is 3.47. The van der Waals surface area contributed by atoms with Crippen LogP contribution in [0.3, 0.4) is 0 Å². The van der Waals surface area contributed by atoms with Crippen molar-refractivity contribution in [1.29, 1.82) is 0 Å². The monoisotopic (exact) mass is 426 g/mol. The van der Waals surface area contributed by atoms with Gasteiger partial charge in [-0.1, -0.05) is 82.2 Å². The SMILES string of the molecule is CCCCCCCCCCOc1cc(NC(=O)N[C@@H](C)c2ccccc2)ccc1OC. The zero-order valence-corrected chi connectivity index (χ0v) is 19.3. The summed E-state index contributed by atoms with van der Waals surface area (Å²) in [6.45, 7) is 4.85. The van der Waals surface area contributed by atoms with Crippen molar-refractivity contribution in [1.82, 2.24) is 5.32 Å². The van der Waals surface area contributed by atoms with Crippen molar-refractivity contribution in [3.63, 3.8) is 0 Å². The fourth-order valence-corrected chi connectivity index (χ4v) is 3.47. The number of carbonyl (C=O) groups excluding carboxylic acids is 1. The third kappa shape index (κ3) is 9.33. The summed E-state index contributed by atoms with van der Waals surface area (Å²) in [5.74, 6) is 1.32. The van der Waals surface area contributed by atoms with Crippen LogP contribution in [0.15, 0.2) is 48.5 Å². The molecule has 31 heavy (non-hydrogen) atoms. The topological polar surface area (TPSA) is 59.6 Å². The molecule has 0 fully saturated rings. The van der Waals surface area contributed by atoms with E-state index in [1.165, 1.54) is 44.9 Å². The minimum Gasteiger partial charge on any atom is -0.493 e. The van der Waals surface area contributed by atoms with Gasteiger partial charge in [0.25, 0.3) is 0 Å². The van der Waals surface area contributed by atoms with Crippen LogP contribution in [0.25, 0.3) is 0 Å². The molecular weight excluding hydrogens is 388 g/mol. The molecule has 0 aliphatic carbocycles. The van der Waals surface area contributed by atoms with Gasteiger partial charge in [-0.25, -0.2) is 4.79 Å². The van der Waals surface area contributed by atoms with Gasteiger partial charge in [-0.2, -0.15) is 0 Å². The van der Waals surface area contributed by atoms with E-state index in [1.54, 1.807) is 7.11 Å². The Morgan fingerprint density at radius 3 is 2.26 bits per heavy atom. The second-order valence-corrected chi connectivity index (χ2v) is 7.92. The van der Waals surface area contributed by atoms with E-state index in [9.17, 15) is 4.79 Å². The Hall–Kier alpha value is -2.69. The van der Waals surface area contributed by atoms with Gasteiger partial charge in [0, 0.05) is 11.8 Å². The molecule has 170 valence electrons. The molecule has 2 aromatic carbocycles. The quantitative estimate of drug-likeness (QED) is 0.317. The Morgan fingerprint density at radius 2 is 1.58 bits per heavy atom. The molecule has 0 aromatic heterocycles. The summed E-state index contributed by atoms with van der Waals surface area (Å²) < 4.78 is 11.4. The average Bonchev–Trinajstić information content (AvgIpc) is 2.78. The molecule has 2 N–H and O–H groups in total. The molecule has 0 heterocycles. The first-order valence-electron chi connectivity index (χ1n) is 11.6. The maximum absolute atomic E-state index is 12.4. The second kappa shape index (κ2) is 14.3. The van der Waals surface area contributed by atoms with Gasteiger partial charge in [-0.3, -0.25) is 0 Å². The number of amides is 2. The number of unbranched alkanes of at least 4 members (excludes halogenated alkanes) is 7. The van der Waals surface area contributed by atoms with Crippen LogP contribution in [0.5, 0.6) is 11.5 Å². The van der Waals surface area contributed by atoms with Gasteiger partial charge in [0.15, 0.2) is 11.5 Å². The van der Waals surface area contributed by atoms with Gasteiger partial charge in [-0.15, -0.1) is 0 Å². The molecule has 0 saturated carbocycles. The second-order valence-electron chi connectivity index (χ2n) is 7.92. The summed E-state index contributed by atoms with van der Waals surface area (Å²) in [7, 11) is 1.62. The maximum Gasteiger partial charge on any atom is 0.319 e. The smallest absolute Gasteiger partial charge is 0.319 e. The Balaban J connectivity index is 1.78. The Bertz CT molecular complexity index is 765. The van der Waals surface area contributed by atoms with Gasteiger partial charge in [0.1, 0.15) is 0 Å². The molecule has 2 aromatic rings. The zero-order valence-electron chi connectivity index (χ0n) is 19.3. The van der Waals surface area contributed by atoms with Crippen molar-refractivity contribution in [2.45, 2.75) is 71.3 Å². The van der Waals surface area contributed by atoms with E-state index in [1.807, 2.05) is 55.5 Å². The third-order valence-electron chi connectivity index (χ3n) is 5.32. The third-order valence-corrected chi connectivity index (χ3v) is 5.32. The van der Waals surface area contributed by atoms with Gasteiger partial charge >= 0.3 is 6.03 Å². The number of methoxy groups -OCH3 is 1. The van der Waals surface area contributed by atoms with Gasteiger partial charge in [-0.05, 0) is 31.0 Å². The highest BCUT2D eigenvalue weighted by Crippen LogP contribution is 2.30. The van der Waals surface area contributed by atoms with Crippen LogP contribution in [-0.4, -0.2) is 19.7 Å². The number of carbonyl (C=O) groups is 1. The molecule has 2 rings (SSSR count). The largest absolute Gasteiger partial charge is 0.493 e. The Labute approximate surface area is 187 Å². The minimum atomic E-state index is -0.254. The first kappa shape index (κ1) is 24.6. The summed E-state index contributed by atoms with van der Waals surface area (Å²) in [5, 5.41) is 5.84. The van der Waals surface area contributed by atoms with E-state index in [0.29, 0.717) is 23.8 Å². The lowest BCUT2D eigenvalue weighted by molar-refractivity contribution is 0.249. The average molecular weight is 427 g/mol. The Kier molecular flexibility index (Phi) is 11.4. The number of ether oxygens (including phenoxy) is 2. The number of benzene rings is 2. The molecule has 0 aliphatic rings. The van der Waals surface area contributed by atoms with Crippen molar-refractivity contribution < 1.29 is 14.3 Å². The first-order chi connectivity index (χ1) is 15.1. The molecule has 0 bridgehead atoms. The standard InChI is InChI=1S/C26H38N2O3/c1-4-5-6-7-8-9-10-14-19-31-25-20-23(17-18-24(25)30-3)28-26(29)27-21(2)22-15-12-11-13-16-22/h11-13,15-18,20-21H,4-10,14,19H2,1-3H3,(H2,27,28,29)/t21-/m0/s1. The van der Waals surface area contributed by atoms with Crippen LogP contribution >= 0.6 is 0 Å². The molecule has 0 radical (unpaired) electrons. The summed E-state index contributed by atoms with van der Waals surface area (Å²) in [4.78, 5) is 12.4. The molecule has 0 unspecified atom stereocenters. The van der Waals surface area contributed by atoms with E-state index < -0.39 is 0 Å². The highest BCUT2D eigenvalue weighted by atomic mass is 16.5. The predicted octanol–water partition coefficient (Wildman–Crippen LogP) is 7.10. The number of urea groups is 1. The lowest BCUT2D eigenvalue weighted by Gasteiger charge is -2.16. The zero-order chi connectivity index (χ0) is 22.3. The Morgan fingerprint density at radius 1 is 0.903 bits per heavy atom. The molecule has 2 amide bonds. The number of rotatable bonds is 14. The molecular formula is C26H38N2O3. The van der Waals surface area contributed by atoms with E-state index in [4.69, 9.17) is 9.47 Å². The molecule has 0 saturated heterocycles. The van der Waals surface area contributed by atoms with Crippen molar-refractivity contribution in [2.24, 2.45) is 0 Å². The van der Waals surface area contributed by atoms with Crippen LogP contribution in [0.2, 0.25) is 0 Å². The fraction of sp³-hybridized carbons (Fsp3) is 0.500. The van der Waals surface area contributed by atoms with Crippen LogP contribution in [0.4, 0.5) is 10.5 Å². The van der Waals surface area contributed by atoms with Crippen molar-refractivity contribution >= 4 is 11.7 Å². The van der Waals surface area contributed by atoms with E-state index in [-0.39, 0.29) is 12.1 Å². The normalized spacial score (nSPS) is 11.6. The van der Waals surface area contributed by atoms with Crippen LogP contribution < -0.4 is 20.1 Å².